The number of amides is 1. The quantitative estimate of drug-likeness (QED) is 0.726. The summed E-state index contributed by atoms with van der Waals surface area (Å²) in [5.74, 6) is -1.06. The molecule has 88 valence electrons. The van der Waals surface area contributed by atoms with Crippen LogP contribution in [0.5, 0.6) is 0 Å². The van der Waals surface area contributed by atoms with Crippen LogP contribution in [-0.2, 0) is 4.79 Å². The number of aromatic amines is 1. The average molecular weight is 225 g/mol. The minimum absolute atomic E-state index is 0.0499. The molecule has 1 aromatic rings. The van der Waals surface area contributed by atoms with Gasteiger partial charge in [0, 0.05) is 12.5 Å². The molecule has 0 saturated carbocycles. The highest BCUT2D eigenvalue weighted by Gasteiger charge is 2.17. The van der Waals surface area contributed by atoms with Crippen molar-refractivity contribution in [3.63, 3.8) is 0 Å². The third-order valence-electron chi connectivity index (χ3n) is 1.77. The van der Waals surface area contributed by atoms with Gasteiger partial charge in [-0.2, -0.15) is 5.10 Å². The zero-order valence-electron chi connectivity index (χ0n) is 9.50. The first-order valence-electron chi connectivity index (χ1n) is 4.86. The average Bonchev–Trinajstić information content (AvgIpc) is 2.48. The molecular formula is C10H15N3O3. The lowest BCUT2D eigenvalue weighted by Crippen LogP contribution is -2.19. The summed E-state index contributed by atoms with van der Waals surface area (Å²) in [6, 6.07) is 1.28. The summed E-state index contributed by atoms with van der Waals surface area (Å²) in [5, 5.41) is 17.1. The summed E-state index contributed by atoms with van der Waals surface area (Å²) >= 11 is 0. The molecule has 0 unspecified atom stereocenters. The number of nitrogens with one attached hydrogen (secondary N) is 2. The van der Waals surface area contributed by atoms with E-state index in [2.05, 4.69) is 15.5 Å². The maximum atomic E-state index is 11.5. The number of hydrogen-bond acceptors (Lipinski definition) is 3. The zero-order valence-corrected chi connectivity index (χ0v) is 9.50. The van der Waals surface area contributed by atoms with Gasteiger partial charge in [0.25, 0.3) is 0 Å². The first kappa shape index (κ1) is 12.2. The van der Waals surface area contributed by atoms with Crippen LogP contribution in [0.15, 0.2) is 6.07 Å². The second-order valence-electron chi connectivity index (χ2n) is 4.76. The molecule has 0 atom stereocenters. The Kier molecular flexibility index (Phi) is 3.31. The molecule has 0 saturated heterocycles. The van der Waals surface area contributed by atoms with Gasteiger partial charge in [0.15, 0.2) is 5.82 Å². The highest BCUT2D eigenvalue weighted by molar-refractivity contribution is 5.92. The van der Waals surface area contributed by atoms with Crippen LogP contribution >= 0.6 is 0 Å². The van der Waals surface area contributed by atoms with Crippen LogP contribution in [0.4, 0.5) is 5.82 Å². The minimum Gasteiger partial charge on any atom is -0.477 e. The van der Waals surface area contributed by atoms with E-state index in [4.69, 9.17) is 5.11 Å². The van der Waals surface area contributed by atoms with Crippen molar-refractivity contribution >= 4 is 17.7 Å². The van der Waals surface area contributed by atoms with Crippen molar-refractivity contribution in [3.05, 3.63) is 11.8 Å². The van der Waals surface area contributed by atoms with E-state index < -0.39 is 5.97 Å². The van der Waals surface area contributed by atoms with Gasteiger partial charge in [-0.1, -0.05) is 20.8 Å². The third kappa shape index (κ3) is 3.72. The second-order valence-corrected chi connectivity index (χ2v) is 4.76. The maximum absolute atomic E-state index is 11.5. The van der Waals surface area contributed by atoms with Crippen LogP contribution in [0, 0.1) is 5.41 Å². The van der Waals surface area contributed by atoms with E-state index in [1.165, 1.54) is 6.07 Å². The Balaban J connectivity index is 2.60. The van der Waals surface area contributed by atoms with E-state index in [-0.39, 0.29) is 22.8 Å². The van der Waals surface area contributed by atoms with Crippen molar-refractivity contribution in [2.24, 2.45) is 5.41 Å². The summed E-state index contributed by atoms with van der Waals surface area (Å²) in [4.78, 5) is 22.0. The lowest BCUT2D eigenvalue weighted by molar-refractivity contribution is -0.117. The van der Waals surface area contributed by atoms with Crippen LogP contribution < -0.4 is 5.32 Å². The summed E-state index contributed by atoms with van der Waals surface area (Å²) in [7, 11) is 0. The summed E-state index contributed by atoms with van der Waals surface area (Å²) in [6.45, 7) is 5.83. The van der Waals surface area contributed by atoms with Crippen molar-refractivity contribution in [2.75, 3.05) is 5.32 Å². The van der Waals surface area contributed by atoms with Crippen molar-refractivity contribution < 1.29 is 14.7 Å². The van der Waals surface area contributed by atoms with Crippen molar-refractivity contribution in [2.45, 2.75) is 27.2 Å². The van der Waals surface area contributed by atoms with E-state index in [0.717, 1.165) is 0 Å². The number of aromatic carboxylic acids is 1. The van der Waals surface area contributed by atoms with Crippen LogP contribution in [0.25, 0.3) is 0 Å². The smallest absolute Gasteiger partial charge is 0.353 e. The lowest BCUT2D eigenvalue weighted by atomic mass is 9.92. The fourth-order valence-corrected chi connectivity index (χ4v) is 1.16. The molecule has 0 bridgehead atoms. The van der Waals surface area contributed by atoms with Gasteiger partial charge in [-0.05, 0) is 5.41 Å². The third-order valence-corrected chi connectivity index (χ3v) is 1.77. The molecule has 0 aliphatic heterocycles. The molecule has 0 aliphatic rings. The molecule has 0 spiro atoms. The monoisotopic (exact) mass is 225 g/mol. The standard InChI is InChI=1S/C10H15N3O3/c1-10(2,3)5-8(14)11-7-4-6(9(15)16)12-13-7/h4H,5H2,1-3H3,(H,15,16)(H2,11,12,13,14). The molecule has 0 aliphatic carbocycles. The Morgan fingerprint density at radius 1 is 1.50 bits per heavy atom. The fourth-order valence-electron chi connectivity index (χ4n) is 1.16. The molecule has 1 rings (SSSR count). The van der Waals surface area contributed by atoms with Gasteiger partial charge in [0.1, 0.15) is 5.69 Å². The molecule has 1 aromatic heterocycles. The number of carboxylic acid groups (broad SMARTS) is 1. The van der Waals surface area contributed by atoms with E-state index in [0.29, 0.717) is 6.42 Å². The van der Waals surface area contributed by atoms with Gasteiger partial charge < -0.3 is 10.4 Å². The molecule has 6 heteroatoms. The van der Waals surface area contributed by atoms with E-state index in [9.17, 15) is 9.59 Å². The Bertz CT molecular complexity index is 404. The number of carboxylic acids is 1. The molecule has 0 fully saturated rings. The molecule has 1 heterocycles. The van der Waals surface area contributed by atoms with E-state index in [1.807, 2.05) is 20.8 Å². The molecule has 1 amide bonds. The number of anilines is 1. The molecule has 3 N–H and O–H groups in total. The molecular weight excluding hydrogens is 210 g/mol. The van der Waals surface area contributed by atoms with Crippen molar-refractivity contribution in [1.82, 2.24) is 10.2 Å². The lowest BCUT2D eigenvalue weighted by Gasteiger charge is -2.16. The van der Waals surface area contributed by atoms with E-state index in [1.54, 1.807) is 0 Å². The van der Waals surface area contributed by atoms with Crippen molar-refractivity contribution in [3.8, 4) is 0 Å². The first-order valence-corrected chi connectivity index (χ1v) is 4.86. The predicted molar refractivity (Wildman–Crippen MR) is 58.2 cm³/mol. The number of nitrogens with zero attached hydrogens (tertiary/aromatic N) is 1. The zero-order chi connectivity index (χ0) is 12.3. The van der Waals surface area contributed by atoms with Crippen molar-refractivity contribution in [1.29, 1.82) is 0 Å². The number of H-pyrrole nitrogens is 1. The number of hydrogen-bond donors (Lipinski definition) is 3. The molecule has 0 radical (unpaired) electrons. The highest BCUT2D eigenvalue weighted by Crippen LogP contribution is 2.19. The normalized spacial score (nSPS) is 11.2. The fraction of sp³-hybridized carbons (Fsp3) is 0.500. The Hall–Kier alpha value is -1.85. The van der Waals surface area contributed by atoms with E-state index >= 15 is 0 Å². The summed E-state index contributed by atoms with van der Waals surface area (Å²) in [5.41, 5.74) is -0.165. The first-order chi connectivity index (χ1) is 7.28. The van der Waals surface area contributed by atoms with Crippen LogP contribution in [0.1, 0.15) is 37.7 Å². The van der Waals surface area contributed by atoms with Crippen LogP contribution in [-0.4, -0.2) is 27.2 Å². The predicted octanol–water partition coefficient (Wildman–Crippen LogP) is 1.48. The van der Waals surface area contributed by atoms with Crippen LogP contribution in [0.2, 0.25) is 0 Å². The van der Waals surface area contributed by atoms with Gasteiger partial charge in [0.05, 0.1) is 0 Å². The molecule has 6 nitrogen and oxygen atoms in total. The highest BCUT2D eigenvalue weighted by atomic mass is 16.4. The van der Waals surface area contributed by atoms with Gasteiger partial charge in [0.2, 0.25) is 5.91 Å². The van der Waals surface area contributed by atoms with Gasteiger partial charge in [-0.3, -0.25) is 9.89 Å². The van der Waals surface area contributed by atoms with Crippen LogP contribution in [0.3, 0.4) is 0 Å². The number of carbonyl (C=O) groups excluding carboxylic acids is 1. The van der Waals surface area contributed by atoms with Gasteiger partial charge in [-0.25, -0.2) is 4.79 Å². The second kappa shape index (κ2) is 4.34. The summed E-state index contributed by atoms with van der Waals surface area (Å²) < 4.78 is 0. The Morgan fingerprint density at radius 2 is 2.12 bits per heavy atom. The van der Waals surface area contributed by atoms with Gasteiger partial charge >= 0.3 is 5.97 Å². The number of carbonyl (C=O) groups is 2. The molecule has 0 aromatic carbocycles. The largest absolute Gasteiger partial charge is 0.477 e. The minimum atomic E-state index is -1.11. The SMILES string of the molecule is CC(C)(C)CC(=O)Nc1cc(C(=O)O)[nH]n1. The summed E-state index contributed by atoms with van der Waals surface area (Å²) in [6.07, 6.45) is 0.349. The topological polar surface area (TPSA) is 95.1 Å². The molecule has 16 heavy (non-hydrogen) atoms. The van der Waals surface area contributed by atoms with Gasteiger partial charge in [-0.15, -0.1) is 0 Å². The Morgan fingerprint density at radius 3 is 2.56 bits per heavy atom. The maximum Gasteiger partial charge on any atom is 0.353 e. The number of aromatic nitrogens is 2. The Labute approximate surface area is 93.1 Å². The number of rotatable bonds is 3.